The minimum atomic E-state index is 0.315. The first kappa shape index (κ1) is 20.6. The van der Waals surface area contributed by atoms with Crippen molar-refractivity contribution in [3.05, 3.63) is 41.5 Å². The van der Waals surface area contributed by atoms with Gasteiger partial charge in [-0.05, 0) is 60.6 Å². The van der Waals surface area contributed by atoms with Crippen LogP contribution in [0.4, 0.5) is 0 Å². The van der Waals surface area contributed by atoms with Crippen LogP contribution < -0.4 is 23.7 Å². The Bertz CT molecular complexity index is 812. The summed E-state index contributed by atoms with van der Waals surface area (Å²) in [6.45, 7) is 1.35. The molecule has 1 heterocycles. The average Bonchev–Trinajstić information content (AvgIpc) is 3.22. The lowest BCUT2D eigenvalue weighted by Gasteiger charge is -2.23. The molecule has 156 valence electrons. The zero-order valence-corrected chi connectivity index (χ0v) is 16.9. The maximum absolute atomic E-state index is 10.2. The fourth-order valence-electron chi connectivity index (χ4n) is 3.56. The first-order valence-electron chi connectivity index (χ1n) is 9.41. The van der Waals surface area contributed by atoms with Gasteiger partial charge in [0, 0.05) is 0 Å². The monoisotopic (exact) mass is 402 g/mol. The summed E-state index contributed by atoms with van der Waals surface area (Å²) in [7, 11) is 4.77. The van der Waals surface area contributed by atoms with Gasteiger partial charge in [-0.25, -0.2) is 0 Å². The number of para-hydroxylation sites is 1. The minimum absolute atomic E-state index is 0.315. The maximum atomic E-state index is 10.2. The summed E-state index contributed by atoms with van der Waals surface area (Å²) < 4.78 is 30.8. The summed E-state index contributed by atoms with van der Waals surface area (Å²) in [5.41, 5.74) is 2.62. The molecule has 0 saturated heterocycles. The van der Waals surface area contributed by atoms with Gasteiger partial charge in [-0.15, -0.1) is 0 Å². The predicted molar refractivity (Wildman–Crippen MR) is 106 cm³/mol. The van der Waals surface area contributed by atoms with Crippen molar-refractivity contribution in [2.24, 2.45) is 5.92 Å². The quantitative estimate of drug-likeness (QED) is 0.686. The van der Waals surface area contributed by atoms with Gasteiger partial charge < -0.3 is 28.4 Å². The van der Waals surface area contributed by atoms with Crippen molar-refractivity contribution >= 4 is 6.47 Å². The Labute approximate surface area is 170 Å². The van der Waals surface area contributed by atoms with Gasteiger partial charge in [-0.3, -0.25) is 4.79 Å². The van der Waals surface area contributed by atoms with Crippen molar-refractivity contribution in [2.75, 3.05) is 34.7 Å². The van der Waals surface area contributed by atoms with E-state index in [1.54, 1.807) is 21.3 Å². The molecule has 7 heteroatoms. The molecule has 2 aromatic carbocycles. The van der Waals surface area contributed by atoms with Gasteiger partial charge in [0.05, 0.1) is 27.9 Å². The fourth-order valence-corrected chi connectivity index (χ4v) is 3.56. The molecular weight excluding hydrogens is 376 g/mol. The van der Waals surface area contributed by atoms with Crippen LogP contribution in [0.5, 0.6) is 28.7 Å². The first-order chi connectivity index (χ1) is 14.2. The summed E-state index contributed by atoms with van der Waals surface area (Å²) in [4.78, 5) is 10.2. The van der Waals surface area contributed by atoms with E-state index in [2.05, 4.69) is 12.1 Å². The van der Waals surface area contributed by atoms with Crippen LogP contribution in [0.2, 0.25) is 0 Å². The Morgan fingerprint density at radius 2 is 1.66 bits per heavy atom. The zero-order chi connectivity index (χ0) is 20.6. The molecule has 1 atom stereocenters. The van der Waals surface area contributed by atoms with E-state index in [0.29, 0.717) is 43.0 Å². The number of carbonyl (C=O) groups is 1. The van der Waals surface area contributed by atoms with Gasteiger partial charge in [0.2, 0.25) is 12.5 Å². The molecule has 0 N–H and O–H groups in total. The van der Waals surface area contributed by atoms with Crippen LogP contribution in [0.15, 0.2) is 30.3 Å². The van der Waals surface area contributed by atoms with Crippen molar-refractivity contribution < 1.29 is 33.2 Å². The van der Waals surface area contributed by atoms with E-state index >= 15 is 0 Å². The second-order valence-electron chi connectivity index (χ2n) is 6.71. The number of methoxy groups -OCH3 is 3. The smallest absolute Gasteiger partial charge is 0.293 e. The third kappa shape index (κ3) is 4.85. The summed E-state index contributed by atoms with van der Waals surface area (Å²) in [5, 5.41) is 0. The standard InChI is InChI=1S/C13H14O4.C9H12O3/c14-7-15-6-9-1-2-10-4-12-13(17-8-16-12)5-11(10)3-9;1-10-7-5-4-6-8(11-2)9(7)12-3/h4-5,7,9H,1-3,6,8H2;4-6H,1-3H3/t9-;/m0./s1. The number of hydrogen-bond donors (Lipinski definition) is 0. The van der Waals surface area contributed by atoms with Crippen LogP contribution in [0, 0.1) is 5.92 Å². The van der Waals surface area contributed by atoms with Crippen LogP contribution >= 0.6 is 0 Å². The minimum Gasteiger partial charge on any atom is -0.493 e. The molecule has 1 aliphatic heterocycles. The number of aryl methyl sites for hydroxylation is 1. The molecule has 0 bridgehead atoms. The number of rotatable bonds is 6. The molecule has 0 saturated carbocycles. The second-order valence-corrected chi connectivity index (χ2v) is 6.71. The Kier molecular flexibility index (Phi) is 7.05. The van der Waals surface area contributed by atoms with Crippen LogP contribution in [-0.4, -0.2) is 41.2 Å². The second kappa shape index (κ2) is 9.91. The molecule has 0 unspecified atom stereocenters. The van der Waals surface area contributed by atoms with Crippen molar-refractivity contribution in [3.63, 3.8) is 0 Å². The molecule has 2 aromatic rings. The fraction of sp³-hybridized carbons (Fsp3) is 0.409. The number of benzene rings is 2. The molecular formula is C22H26O7. The highest BCUT2D eigenvalue weighted by Gasteiger charge is 2.23. The SMILES string of the molecule is COc1cccc(OC)c1OC.O=COC[C@H]1CCc2cc3c(cc2C1)OCO3. The highest BCUT2D eigenvalue weighted by atomic mass is 16.7. The number of hydrogen-bond acceptors (Lipinski definition) is 7. The number of carbonyl (C=O) groups excluding carboxylic acids is 1. The lowest BCUT2D eigenvalue weighted by molar-refractivity contribution is -0.130. The van der Waals surface area contributed by atoms with E-state index in [1.807, 2.05) is 18.2 Å². The van der Waals surface area contributed by atoms with Gasteiger partial charge in [-0.2, -0.15) is 0 Å². The molecule has 0 spiro atoms. The van der Waals surface area contributed by atoms with E-state index in [-0.39, 0.29) is 0 Å². The van der Waals surface area contributed by atoms with E-state index in [0.717, 1.165) is 30.8 Å². The van der Waals surface area contributed by atoms with Gasteiger partial charge >= 0.3 is 0 Å². The van der Waals surface area contributed by atoms with Crippen molar-refractivity contribution in [3.8, 4) is 28.7 Å². The Morgan fingerprint density at radius 3 is 2.24 bits per heavy atom. The number of ether oxygens (including phenoxy) is 6. The number of fused-ring (bicyclic) bond motifs is 2. The van der Waals surface area contributed by atoms with E-state index in [4.69, 9.17) is 28.4 Å². The average molecular weight is 402 g/mol. The highest BCUT2D eigenvalue weighted by Crippen LogP contribution is 2.38. The highest BCUT2D eigenvalue weighted by molar-refractivity contribution is 5.51. The van der Waals surface area contributed by atoms with Crippen LogP contribution in [0.1, 0.15) is 17.5 Å². The zero-order valence-electron chi connectivity index (χ0n) is 16.9. The van der Waals surface area contributed by atoms with Gasteiger partial charge in [-0.1, -0.05) is 6.07 Å². The Morgan fingerprint density at radius 1 is 1.00 bits per heavy atom. The van der Waals surface area contributed by atoms with Gasteiger partial charge in [0.25, 0.3) is 6.47 Å². The predicted octanol–water partition coefficient (Wildman–Crippen LogP) is 3.41. The van der Waals surface area contributed by atoms with E-state index in [1.165, 1.54) is 11.1 Å². The lowest BCUT2D eigenvalue weighted by Crippen LogP contribution is -2.18. The van der Waals surface area contributed by atoms with Gasteiger partial charge in [0.1, 0.15) is 0 Å². The summed E-state index contributed by atoms with van der Waals surface area (Å²) in [6, 6.07) is 9.63. The molecule has 0 fully saturated rings. The van der Waals surface area contributed by atoms with Crippen LogP contribution in [0.3, 0.4) is 0 Å². The first-order valence-corrected chi connectivity index (χ1v) is 9.41. The van der Waals surface area contributed by atoms with Crippen molar-refractivity contribution in [1.82, 2.24) is 0 Å². The normalized spacial score (nSPS) is 16.0. The van der Waals surface area contributed by atoms with Crippen LogP contribution in [0.25, 0.3) is 0 Å². The third-order valence-electron chi connectivity index (χ3n) is 5.01. The third-order valence-corrected chi connectivity index (χ3v) is 5.01. The van der Waals surface area contributed by atoms with Crippen molar-refractivity contribution in [1.29, 1.82) is 0 Å². The van der Waals surface area contributed by atoms with Gasteiger partial charge in [0.15, 0.2) is 23.0 Å². The molecule has 0 radical (unpaired) electrons. The maximum Gasteiger partial charge on any atom is 0.293 e. The van der Waals surface area contributed by atoms with E-state index < -0.39 is 0 Å². The van der Waals surface area contributed by atoms with Crippen LogP contribution in [-0.2, 0) is 22.4 Å². The molecule has 0 aromatic heterocycles. The molecule has 4 rings (SSSR count). The van der Waals surface area contributed by atoms with E-state index in [9.17, 15) is 4.79 Å². The summed E-state index contributed by atoms with van der Waals surface area (Å²) in [6.07, 6.45) is 3.01. The lowest BCUT2D eigenvalue weighted by atomic mass is 9.84. The summed E-state index contributed by atoms with van der Waals surface area (Å²) in [5.74, 6) is 4.09. The molecule has 0 amide bonds. The topological polar surface area (TPSA) is 72.5 Å². The molecule has 7 nitrogen and oxygen atoms in total. The Hall–Kier alpha value is -3.09. The van der Waals surface area contributed by atoms with Crippen molar-refractivity contribution in [2.45, 2.75) is 19.3 Å². The molecule has 29 heavy (non-hydrogen) atoms. The largest absolute Gasteiger partial charge is 0.493 e. The molecule has 2 aliphatic rings. The Balaban J connectivity index is 0.000000177. The summed E-state index contributed by atoms with van der Waals surface area (Å²) >= 11 is 0. The molecule has 1 aliphatic carbocycles.